The predicted molar refractivity (Wildman–Crippen MR) is 77.4 cm³/mol. The highest BCUT2D eigenvalue weighted by molar-refractivity contribution is 5.94. The molecule has 6 heteroatoms. The highest BCUT2D eigenvalue weighted by Gasteiger charge is 2.31. The molecule has 22 heavy (non-hydrogen) atoms. The lowest BCUT2D eigenvalue weighted by molar-refractivity contribution is 0.0715. The second kappa shape index (κ2) is 5.87. The molecule has 1 aliphatic heterocycles. The first-order valence-corrected chi connectivity index (χ1v) is 7.30. The second-order valence-corrected chi connectivity index (χ2v) is 5.64. The number of carbonyl (C=O) groups excluding carboxylic acids is 1. The van der Waals surface area contributed by atoms with Gasteiger partial charge in [-0.25, -0.2) is 8.78 Å². The van der Waals surface area contributed by atoms with Crippen LogP contribution in [0.2, 0.25) is 0 Å². The van der Waals surface area contributed by atoms with Gasteiger partial charge in [0.1, 0.15) is 0 Å². The predicted octanol–water partition coefficient (Wildman–Crippen LogP) is 2.77. The fourth-order valence-electron chi connectivity index (χ4n) is 2.90. The SMILES string of the molecule is Cc1cnn(C[C@H]2CCCN2C(=O)c2cccc(F)c2F)c1. The van der Waals surface area contributed by atoms with Crippen molar-refractivity contribution in [3.8, 4) is 0 Å². The first-order chi connectivity index (χ1) is 10.6. The lowest BCUT2D eigenvalue weighted by atomic mass is 10.1. The summed E-state index contributed by atoms with van der Waals surface area (Å²) in [5.74, 6) is -2.53. The topological polar surface area (TPSA) is 38.1 Å². The summed E-state index contributed by atoms with van der Waals surface area (Å²) in [7, 11) is 0. The molecule has 4 nitrogen and oxygen atoms in total. The Bertz CT molecular complexity index is 698. The second-order valence-electron chi connectivity index (χ2n) is 5.64. The van der Waals surface area contributed by atoms with Crippen LogP contribution >= 0.6 is 0 Å². The molecule has 0 bridgehead atoms. The molecule has 0 spiro atoms. The van der Waals surface area contributed by atoms with E-state index in [1.807, 2.05) is 13.1 Å². The van der Waals surface area contributed by atoms with E-state index in [0.29, 0.717) is 13.1 Å². The van der Waals surface area contributed by atoms with Crippen LogP contribution in [-0.4, -0.2) is 33.2 Å². The van der Waals surface area contributed by atoms with E-state index in [2.05, 4.69) is 5.10 Å². The van der Waals surface area contributed by atoms with Crippen LogP contribution in [0.25, 0.3) is 0 Å². The molecule has 0 unspecified atom stereocenters. The number of hydrogen-bond acceptors (Lipinski definition) is 2. The van der Waals surface area contributed by atoms with Gasteiger partial charge in [-0.15, -0.1) is 0 Å². The van der Waals surface area contributed by atoms with Crippen LogP contribution in [0.3, 0.4) is 0 Å². The average Bonchev–Trinajstić information content (AvgIpc) is 3.11. The minimum Gasteiger partial charge on any atom is -0.334 e. The van der Waals surface area contributed by atoms with Gasteiger partial charge in [0.05, 0.1) is 24.3 Å². The minimum absolute atomic E-state index is 0.0468. The number of hydrogen-bond donors (Lipinski definition) is 0. The molecule has 0 radical (unpaired) electrons. The van der Waals surface area contributed by atoms with Crippen LogP contribution in [0.1, 0.15) is 28.8 Å². The minimum atomic E-state index is -1.08. The van der Waals surface area contributed by atoms with Gasteiger partial charge in [-0.1, -0.05) is 6.07 Å². The zero-order chi connectivity index (χ0) is 15.7. The number of likely N-dealkylation sites (tertiary alicyclic amines) is 1. The first kappa shape index (κ1) is 14.7. The summed E-state index contributed by atoms with van der Waals surface area (Å²) in [5.41, 5.74) is 0.843. The standard InChI is InChI=1S/C16H17F2N3O/c1-11-8-19-20(9-11)10-12-4-3-7-21(12)16(22)13-5-2-6-14(17)15(13)18/h2,5-6,8-9,12H,3-4,7,10H2,1H3/t12-/m1/s1. The lowest BCUT2D eigenvalue weighted by Gasteiger charge is -2.25. The number of benzene rings is 1. The normalized spacial score (nSPS) is 18.0. The molecule has 0 aliphatic carbocycles. The highest BCUT2D eigenvalue weighted by Crippen LogP contribution is 2.23. The maximum absolute atomic E-state index is 13.8. The zero-order valence-corrected chi connectivity index (χ0v) is 12.3. The summed E-state index contributed by atoms with van der Waals surface area (Å²) in [5, 5.41) is 4.22. The number of amides is 1. The molecule has 0 saturated carbocycles. The van der Waals surface area contributed by atoms with Gasteiger partial charge in [0.2, 0.25) is 0 Å². The molecule has 1 fully saturated rings. The van der Waals surface area contributed by atoms with Crippen LogP contribution in [0.15, 0.2) is 30.6 Å². The van der Waals surface area contributed by atoms with Gasteiger partial charge in [0, 0.05) is 12.7 Å². The van der Waals surface area contributed by atoms with E-state index in [4.69, 9.17) is 0 Å². The Kier molecular flexibility index (Phi) is 3.92. The third-order valence-electron chi connectivity index (χ3n) is 3.98. The summed E-state index contributed by atoms with van der Waals surface area (Å²) in [6, 6.07) is 3.65. The number of aromatic nitrogens is 2. The highest BCUT2D eigenvalue weighted by atomic mass is 19.2. The summed E-state index contributed by atoms with van der Waals surface area (Å²) in [6.45, 7) is 3.07. The molecule has 1 aromatic carbocycles. The molecule has 1 atom stereocenters. The third-order valence-corrected chi connectivity index (χ3v) is 3.98. The lowest BCUT2D eigenvalue weighted by Crippen LogP contribution is -2.38. The van der Waals surface area contributed by atoms with Gasteiger partial charge in [0.15, 0.2) is 11.6 Å². The van der Waals surface area contributed by atoms with E-state index in [1.165, 1.54) is 12.1 Å². The maximum Gasteiger partial charge on any atom is 0.257 e. The Hall–Kier alpha value is -2.24. The van der Waals surface area contributed by atoms with Gasteiger partial charge in [-0.3, -0.25) is 9.48 Å². The zero-order valence-electron chi connectivity index (χ0n) is 12.3. The fourth-order valence-corrected chi connectivity index (χ4v) is 2.90. The van der Waals surface area contributed by atoms with Crippen molar-refractivity contribution < 1.29 is 13.6 Å². The van der Waals surface area contributed by atoms with Crippen molar-refractivity contribution in [3.05, 3.63) is 53.4 Å². The summed E-state index contributed by atoms with van der Waals surface area (Å²) in [4.78, 5) is 14.1. The molecular formula is C16H17F2N3O. The summed E-state index contributed by atoms with van der Waals surface area (Å²) < 4.78 is 28.9. The van der Waals surface area contributed by atoms with E-state index in [0.717, 1.165) is 24.5 Å². The Balaban J connectivity index is 1.80. The van der Waals surface area contributed by atoms with Crippen molar-refractivity contribution in [2.45, 2.75) is 32.4 Å². The van der Waals surface area contributed by atoms with Crippen LogP contribution in [0.5, 0.6) is 0 Å². The molecule has 1 aromatic heterocycles. The molecular weight excluding hydrogens is 288 g/mol. The molecule has 2 aromatic rings. The molecule has 1 aliphatic rings. The third kappa shape index (κ3) is 2.73. The van der Waals surface area contributed by atoms with Crippen LogP contribution in [0.4, 0.5) is 8.78 Å². The molecule has 2 heterocycles. The van der Waals surface area contributed by atoms with E-state index in [1.54, 1.807) is 15.8 Å². The van der Waals surface area contributed by atoms with Crippen molar-refractivity contribution in [1.82, 2.24) is 14.7 Å². The van der Waals surface area contributed by atoms with Crippen LogP contribution in [-0.2, 0) is 6.54 Å². The van der Waals surface area contributed by atoms with Crippen molar-refractivity contribution in [2.75, 3.05) is 6.54 Å². The number of rotatable bonds is 3. The van der Waals surface area contributed by atoms with Crippen molar-refractivity contribution in [3.63, 3.8) is 0 Å². The van der Waals surface area contributed by atoms with Crippen molar-refractivity contribution in [1.29, 1.82) is 0 Å². The average molecular weight is 305 g/mol. The Morgan fingerprint density at radius 1 is 1.41 bits per heavy atom. The number of nitrogens with zero attached hydrogens (tertiary/aromatic N) is 3. The molecule has 0 N–H and O–H groups in total. The number of aryl methyl sites for hydroxylation is 1. The van der Waals surface area contributed by atoms with Crippen LogP contribution < -0.4 is 0 Å². The van der Waals surface area contributed by atoms with Gasteiger partial charge >= 0.3 is 0 Å². The summed E-state index contributed by atoms with van der Waals surface area (Å²) >= 11 is 0. The maximum atomic E-state index is 13.8. The Morgan fingerprint density at radius 2 is 2.23 bits per heavy atom. The smallest absolute Gasteiger partial charge is 0.257 e. The van der Waals surface area contributed by atoms with Crippen molar-refractivity contribution in [2.24, 2.45) is 0 Å². The van der Waals surface area contributed by atoms with E-state index >= 15 is 0 Å². The number of carbonyl (C=O) groups is 1. The molecule has 3 rings (SSSR count). The van der Waals surface area contributed by atoms with Gasteiger partial charge in [-0.2, -0.15) is 5.10 Å². The molecule has 116 valence electrons. The number of halogens is 2. The van der Waals surface area contributed by atoms with E-state index in [9.17, 15) is 13.6 Å². The quantitative estimate of drug-likeness (QED) is 0.874. The van der Waals surface area contributed by atoms with Crippen LogP contribution in [0, 0.1) is 18.6 Å². The van der Waals surface area contributed by atoms with Gasteiger partial charge < -0.3 is 4.90 Å². The fraction of sp³-hybridized carbons (Fsp3) is 0.375. The largest absolute Gasteiger partial charge is 0.334 e. The molecule has 1 amide bonds. The van der Waals surface area contributed by atoms with E-state index in [-0.39, 0.29) is 11.6 Å². The summed E-state index contributed by atoms with van der Waals surface area (Å²) in [6.07, 6.45) is 5.35. The monoisotopic (exact) mass is 305 g/mol. The van der Waals surface area contributed by atoms with Gasteiger partial charge in [0.25, 0.3) is 5.91 Å². The van der Waals surface area contributed by atoms with Crippen molar-refractivity contribution >= 4 is 5.91 Å². The van der Waals surface area contributed by atoms with Gasteiger partial charge in [-0.05, 0) is 37.5 Å². The first-order valence-electron chi connectivity index (χ1n) is 7.30. The Morgan fingerprint density at radius 3 is 2.95 bits per heavy atom. The Labute approximate surface area is 127 Å². The van der Waals surface area contributed by atoms with E-state index < -0.39 is 17.5 Å². The molecule has 1 saturated heterocycles.